The van der Waals surface area contributed by atoms with E-state index in [2.05, 4.69) is 20.9 Å². The maximum atomic E-state index is 11.0. The van der Waals surface area contributed by atoms with Crippen molar-refractivity contribution in [2.45, 2.75) is 0 Å². The fraction of sp³-hybridized carbons (Fsp3) is 0. The Labute approximate surface area is 105 Å². The maximum absolute atomic E-state index is 11.0. The van der Waals surface area contributed by atoms with Gasteiger partial charge in [-0.05, 0) is 18.2 Å². The van der Waals surface area contributed by atoms with Crippen LogP contribution >= 0.6 is 15.9 Å². The van der Waals surface area contributed by atoms with Crippen molar-refractivity contribution >= 4 is 21.6 Å². The number of halogens is 1. The van der Waals surface area contributed by atoms with Crippen molar-refractivity contribution in [3.05, 3.63) is 50.6 Å². The largest absolute Gasteiger partial charge is 0.360 e. The number of H-pyrrole nitrogens is 1. The van der Waals surface area contributed by atoms with Gasteiger partial charge in [0, 0.05) is 16.7 Å². The highest BCUT2D eigenvalue weighted by Crippen LogP contribution is 2.33. The molecule has 5 nitrogen and oxygen atoms in total. The van der Waals surface area contributed by atoms with Crippen molar-refractivity contribution in [1.82, 2.24) is 4.98 Å². The Balaban J connectivity index is 2.68. The van der Waals surface area contributed by atoms with Gasteiger partial charge < -0.3 is 4.98 Å². The number of nitrogens with one attached hydrogen (secondary N) is 1. The molecule has 0 atom stereocenters. The molecule has 6 heteroatoms. The lowest BCUT2D eigenvalue weighted by Crippen LogP contribution is -1.93. The molecule has 1 N–H and O–H groups in total. The Morgan fingerprint density at radius 1 is 1.41 bits per heavy atom. The van der Waals surface area contributed by atoms with Crippen molar-refractivity contribution in [2.24, 2.45) is 0 Å². The molecule has 0 radical (unpaired) electrons. The molecule has 1 aromatic heterocycles. The molecule has 17 heavy (non-hydrogen) atoms. The number of nitro groups is 1. The molecule has 2 aromatic rings. The molecule has 1 aromatic carbocycles. The molecule has 0 unspecified atom stereocenters. The number of nitrogens with zero attached hydrogens (tertiary/aromatic N) is 2. The first-order valence-electron chi connectivity index (χ1n) is 4.65. The van der Waals surface area contributed by atoms with Crippen LogP contribution in [0.3, 0.4) is 0 Å². The molecule has 0 aliphatic heterocycles. The summed E-state index contributed by atoms with van der Waals surface area (Å²) in [5.41, 5.74) is 1.21. The zero-order chi connectivity index (χ0) is 12.4. The first kappa shape index (κ1) is 11.4. The van der Waals surface area contributed by atoms with Crippen LogP contribution in [0.4, 0.5) is 5.69 Å². The summed E-state index contributed by atoms with van der Waals surface area (Å²) in [5, 5.41) is 19.9. The van der Waals surface area contributed by atoms with Crippen molar-refractivity contribution in [1.29, 1.82) is 5.26 Å². The lowest BCUT2D eigenvalue weighted by molar-refractivity contribution is -0.384. The van der Waals surface area contributed by atoms with Crippen LogP contribution in [-0.2, 0) is 0 Å². The van der Waals surface area contributed by atoms with Crippen LogP contribution in [0, 0.1) is 21.4 Å². The van der Waals surface area contributed by atoms with E-state index in [0.29, 0.717) is 21.3 Å². The highest BCUT2D eigenvalue weighted by Gasteiger charge is 2.18. The van der Waals surface area contributed by atoms with Gasteiger partial charge in [-0.25, -0.2) is 0 Å². The summed E-state index contributed by atoms with van der Waals surface area (Å²) in [5.74, 6) is 0. The van der Waals surface area contributed by atoms with E-state index in [1.54, 1.807) is 24.4 Å². The van der Waals surface area contributed by atoms with Crippen LogP contribution in [0.2, 0.25) is 0 Å². The molecular formula is C11H6BrN3O2. The first-order chi connectivity index (χ1) is 8.13. The van der Waals surface area contributed by atoms with Crippen molar-refractivity contribution in [3.63, 3.8) is 0 Å². The summed E-state index contributed by atoms with van der Waals surface area (Å²) >= 11 is 3.18. The smallest absolute Gasteiger partial charge is 0.279 e. The van der Waals surface area contributed by atoms with Gasteiger partial charge in [-0.1, -0.05) is 15.9 Å². The SMILES string of the molecule is N#Cc1cc[nH]c1-c1ccc(Br)cc1[N+](=O)[O-]. The van der Waals surface area contributed by atoms with Gasteiger partial charge in [0.1, 0.15) is 6.07 Å². The molecule has 0 aliphatic rings. The number of nitriles is 1. The van der Waals surface area contributed by atoms with Gasteiger partial charge >= 0.3 is 0 Å². The Hall–Kier alpha value is -2.13. The van der Waals surface area contributed by atoms with E-state index in [-0.39, 0.29) is 5.69 Å². The van der Waals surface area contributed by atoms with Crippen LogP contribution in [0.25, 0.3) is 11.3 Å². The highest BCUT2D eigenvalue weighted by molar-refractivity contribution is 9.10. The summed E-state index contributed by atoms with van der Waals surface area (Å²) in [6.07, 6.45) is 1.58. The molecule has 2 rings (SSSR count). The van der Waals surface area contributed by atoms with Crippen LogP contribution in [0.5, 0.6) is 0 Å². The molecule has 0 saturated carbocycles. The summed E-state index contributed by atoms with van der Waals surface area (Å²) < 4.78 is 0.623. The predicted molar refractivity (Wildman–Crippen MR) is 65.3 cm³/mol. The van der Waals surface area contributed by atoms with E-state index < -0.39 is 4.92 Å². The second kappa shape index (κ2) is 4.39. The van der Waals surface area contributed by atoms with Crippen molar-refractivity contribution in [2.75, 3.05) is 0 Å². The van der Waals surface area contributed by atoms with E-state index in [0.717, 1.165) is 0 Å². The monoisotopic (exact) mass is 291 g/mol. The fourth-order valence-corrected chi connectivity index (χ4v) is 1.90. The Morgan fingerprint density at radius 3 is 2.82 bits per heavy atom. The number of nitro benzene ring substituents is 1. The van der Waals surface area contributed by atoms with Gasteiger partial charge in [-0.3, -0.25) is 10.1 Å². The zero-order valence-corrected chi connectivity index (χ0v) is 10.1. The number of rotatable bonds is 2. The average Bonchev–Trinajstić information content (AvgIpc) is 2.76. The number of hydrogen-bond donors (Lipinski definition) is 1. The molecular weight excluding hydrogens is 286 g/mol. The number of aromatic amines is 1. The molecule has 0 bridgehead atoms. The number of aromatic nitrogens is 1. The topological polar surface area (TPSA) is 82.7 Å². The lowest BCUT2D eigenvalue weighted by Gasteiger charge is -2.02. The second-order valence-electron chi connectivity index (χ2n) is 3.30. The molecule has 0 aliphatic carbocycles. The van der Waals surface area contributed by atoms with Gasteiger partial charge in [-0.15, -0.1) is 0 Å². The van der Waals surface area contributed by atoms with Crippen molar-refractivity contribution < 1.29 is 4.92 Å². The Kier molecular flexibility index (Phi) is 2.93. The van der Waals surface area contributed by atoms with Gasteiger partial charge in [0.05, 0.1) is 21.7 Å². The van der Waals surface area contributed by atoms with Crippen LogP contribution in [-0.4, -0.2) is 9.91 Å². The molecule has 84 valence electrons. The fourth-order valence-electron chi connectivity index (χ4n) is 1.55. The number of hydrogen-bond acceptors (Lipinski definition) is 3. The van der Waals surface area contributed by atoms with Crippen LogP contribution in [0.15, 0.2) is 34.9 Å². The van der Waals surface area contributed by atoms with E-state index in [1.165, 1.54) is 6.07 Å². The Morgan fingerprint density at radius 2 is 2.18 bits per heavy atom. The van der Waals surface area contributed by atoms with Gasteiger partial charge in [0.25, 0.3) is 5.69 Å². The van der Waals surface area contributed by atoms with Crippen LogP contribution < -0.4 is 0 Å². The van der Waals surface area contributed by atoms with E-state index in [9.17, 15) is 10.1 Å². The minimum atomic E-state index is -0.470. The lowest BCUT2D eigenvalue weighted by atomic mass is 10.1. The molecule has 0 spiro atoms. The van der Waals surface area contributed by atoms with Gasteiger partial charge in [0.2, 0.25) is 0 Å². The van der Waals surface area contributed by atoms with E-state index in [1.807, 2.05) is 6.07 Å². The minimum absolute atomic E-state index is 0.0432. The summed E-state index contributed by atoms with van der Waals surface area (Å²) in [6.45, 7) is 0. The first-order valence-corrected chi connectivity index (χ1v) is 5.44. The third-order valence-electron chi connectivity index (χ3n) is 2.29. The minimum Gasteiger partial charge on any atom is -0.360 e. The number of benzene rings is 1. The van der Waals surface area contributed by atoms with Gasteiger partial charge in [0.15, 0.2) is 0 Å². The summed E-state index contributed by atoms with van der Waals surface area (Å²) in [7, 11) is 0. The average molecular weight is 292 g/mol. The van der Waals surface area contributed by atoms with E-state index >= 15 is 0 Å². The standard InChI is InChI=1S/C11H6BrN3O2/c12-8-1-2-9(10(5-8)15(16)17)11-7(6-13)3-4-14-11/h1-5,14H. The normalized spacial score (nSPS) is 9.88. The quantitative estimate of drug-likeness (QED) is 0.681. The van der Waals surface area contributed by atoms with Crippen molar-refractivity contribution in [3.8, 4) is 17.3 Å². The maximum Gasteiger partial charge on any atom is 0.279 e. The molecule has 1 heterocycles. The van der Waals surface area contributed by atoms with Crippen LogP contribution in [0.1, 0.15) is 5.56 Å². The summed E-state index contributed by atoms with van der Waals surface area (Å²) in [4.78, 5) is 13.3. The second-order valence-corrected chi connectivity index (χ2v) is 4.21. The third-order valence-corrected chi connectivity index (χ3v) is 2.79. The zero-order valence-electron chi connectivity index (χ0n) is 8.48. The molecule has 0 fully saturated rings. The molecule has 0 saturated heterocycles. The highest BCUT2D eigenvalue weighted by atomic mass is 79.9. The predicted octanol–water partition coefficient (Wildman–Crippen LogP) is 3.22. The third kappa shape index (κ3) is 2.05. The molecule has 0 amide bonds. The Bertz CT molecular complexity index is 628. The van der Waals surface area contributed by atoms with E-state index in [4.69, 9.17) is 5.26 Å². The summed E-state index contributed by atoms with van der Waals surface area (Å²) in [6, 6.07) is 8.29. The van der Waals surface area contributed by atoms with Gasteiger partial charge in [-0.2, -0.15) is 5.26 Å².